The molecule has 5 nitrogen and oxygen atoms in total. The second-order valence-electron chi connectivity index (χ2n) is 22.7. The summed E-state index contributed by atoms with van der Waals surface area (Å²) in [5.74, 6) is 0. The van der Waals surface area contributed by atoms with Crippen molar-refractivity contribution >= 4 is 225 Å². The third kappa shape index (κ3) is 14.3. The molecule has 15 rings (SSSR count). The molecule has 89 heavy (non-hydrogen) atoms. The van der Waals surface area contributed by atoms with Gasteiger partial charge in [-0.3, -0.25) is 0 Å². The van der Waals surface area contributed by atoms with Crippen molar-refractivity contribution in [3.8, 4) is 0 Å². The number of thiocarbonyl (C=S) groups is 2. The van der Waals surface area contributed by atoms with Crippen molar-refractivity contribution < 1.29 is 24.4 Å². The number of aryl methyl sites for hydroxylation is 4. The Labute approximate surface area is 569 Å². The average Bonchev–Trinajstić information content (AvgIpc) is 1.85. The molecule has 9 heterocycles. The van der Waals surface area contributed by atoms with Gasteiger partial charge in [-0.1, -0.05) is 143 Å². The first-order valence-corrected chi connectivity index (χ1v) is 39.3. The Morgan fingerprint density at radius 3 is 0.933 bits per heavy atom. The minimum absolute atomic E-state index is 0.106. The maximum absolute atomic E-state index is 10.9. The summed E-state index contributed by atoms with van der Waals surface area (Å²) in [6.45, 7) is 10.4. The van der Waals surface area contributed by atoms with Gasteiger partial charge in [0.05, 0.1) is 31.0 Å². The Morgan fingerprint density at radius 2 is 0.663 bits per heavy atom. The number of ether oxygens (including phenoxy) is 3. The van der Waals surface area contributed by atoms with E-state index in [1.807, 2.05) is 80.5 Å². The Morgan fingerprint density at radius 1 is 0.393 bits per heavy atom. The SMILES string of the molecule is C1CCOC1.CSC(=S)OC(Cc1ccc(C)cc1)c1cc2sc3cc4c(cc3c2s1)sc1cc(C(Cc2ccc(C)cc2)OC(=S)SC)sc14.Cc1ccc(CC(O)c2cc3sc4cc5c(cc4c3s2)sc2cc(C(O)Cc3ccc(C)cc3)sc25)cc1. The zero-order valence-electron chi connectivity index (χ0n) is 49.8. The maximum atomic E-state index is 10.9. The summed E-state index contributed by atoms with van der Waals surface area (Å²) in [5.41, 5.74) is 9.82. The van der Waals surface area contributed by atoms with E-state index in [9.17, 15) is 10.2 Å². The number of thioether (sulfide) groups is 2. The lowest BCUT2D eigenvalue weighted by Crippen LogP contribution is -2.09. The van der Waals surface area contributed by atoms with E-state index in [2.05, 4.69) is 173 Å². The Hall–Kier alpha value is -4.64. The highest BCUT2D eigenvalue weighted by molar-refractivity contribution is 8.22. The highest BCUT2D eigenvalue weighted by atomic mass is 32.2. The van der Waals surface area contributed by atoms with Crippen molar-refractivity contribution in [1.82, 2.24) is 0 Å². The number of aliphatic hydroxyl groups is 2. The maximum Gasteiger partial charge on any atom is 0.220 e. The van der Waals surface area contributed by atoms with Crippen molar-refractivity contribution in [1.29, 1.82) is 0 Å². The van der Waals surface area contributed by atoms with Crippen LogP contribution < -0.4 is 0 Å². The molecule has 14 aromatic rings. The van der Waals surface area contributed by atoms with Gasteiger partial charge >= 0.3 is 0 Å². The molecule has 454 valence electrons. The number of fused-ring (bicyclic) bond motifs is 12. The molecule has 0 amide bonds. The number of thiophene rings is 8. The van der Waals surface area contributed by atoms with Gasteiger partial charge in [-0.05, 0) is 148 Å². The summed E-state index contributed by atoms with van der Waals surface area (Å²) in [6.07, 6.45) is 8.16. The lowest BCUT2D eigenvalue weighted by molar-refractivity contribution is 0.182. The summed E-state index contributed by atoms with van der Waals surface area (Å²) in [6, 6.07) is 52.7. The summed E-state index contributed by atoms with van der Waals surface area (Å²) in [7, 11) is 0. The van der Waals surface area contributed by atoms with Gasteiger partial charge in [0.15, 0.2) is 0 Å². The highest BCUT2D eigenvalue weighted by Gasteiger charge is 2.25. The van der Waals surface area contributed by atoms with Crippen LogP contribution in [0, 0.1) is 27.7 Å². The van der Waals surface area contributed by atoms with Crippen LogP contribution in [-0.4, -0.2) is 44.7 Å². The van der Waals surface area contributed by atoms with Crippen LogP contribution in [0.15, 0.2) is 146 Å². The van der Waals surface area contributed by atoms with Gasteiger partial charge in [0.2, 0.25) is 8.77 Å². The molecule has 17 heteroatoms. The molecule has 0 bridgehead atoms. The van der Waals surface area contributed by atoms with Gasteiger partial charge in [0, 0.05) is 118 Å². The van der Waals surface area contributed by atoms with Crippen LogP contribution in [0.1, 0.15) is 101 Å². The molecule has 1 saturated heterocycles. The molecule has 4 unspecified atom stereocenters. The summed E-state index contributed by atoms with van der Waals surface area (Å²) in [5, 5.41) is 27.1. The lowest BCUT2D eigenvalue weighted by atomic mass is 10.1. The predicted octanol–water partition coefficient (Wildman–Crippen LogP) is 23.6. The molecule has 0 aliphatic carbocycles. The van der Waals surface area contributed by atoms with Crippen molar-refractivity contribution in [3.05, 3.63) is 210 Å². The van der Waals surface area contributed by atoms with E-state index in [-0.39, 0.29) is 12.2 Å². The molecule has 6 aromatic carbocycles. The van der Waals surface area contributed by atoms with Crippen LogP contribution in [0.2, 0.25) is 0 Å². The van der Waals surface area contributed by atoms with E-state index in [0.717, 1.165) is 46.9 Å². The van der Waals surface area contributed by atoms with Crippen LogP contribution in [0.3, 0.4) is 0 Å². The second-order valence-corrected chi connectivity index (χ2v) is 34.2. The number of hydrogen-bond donors (Lipinski definition) is 2. The van der Waals surface area contributed by atoms with Crippen LogP contribution >= 0.6 is 139 Å². The van der Waals surface area contributed by atoms with E-state index in [0.29, 0.717) is 21.6 Å². The fraction of sp³-hybridized carbons (Fsp3) is 0.250. The van der Waals surface area contributed by atoms with Gasteiger partial charge in [-0.2, -0.15) is 0 Å². The standard InChI is InChI=1S/C36H30O2S8.C32H26O2S4.C4H8O/c1-19-5-9-21(10-6-19)13-25(37-35(39)41-3)29-17-31-33(45-29)23-15-28-24(16-27(23)43-31)34-32(44-28)18-30(46-34)26(38-36(40)42-4)14-22-11-7-20(2)8-12-22;1-17-3-7-19(8-4-17)11-23(33)27-15-29-31(37-27)21-13-26-22(14-25(21)35-29)32-30(36-26)16-28(38-32)24(34)12-20-9-5-18(2)6-10-20;1-2-4-5-3-1/h5-12,15-18,25-26H,13-14H2,1-4H3;3-10,13-16,23-24,33-34H,11-12H2,1-2H3;1-4H2. The molecule has 4 atom stereocenters. The summed E-state index contributed by atoms with van der Waals surface area (Å²) < 4.78 is 34.3. The molecular formula is C72H64O5S12. The Kier molecular flexibility index (Phi) is 19.8. The fourth-order valence-corrected chi connectivity index (χ4v) is 22.0. The van der Waals surface area contributed by atoms with Crippen molar-refractivity contribution in [3.63, 3.8) is 0 Å². The molecule has 0 saturated carbocycles. The van der Waals surface area contributed by atoms with Crippen LogP contribution in [0.5, 0.6) is 0 Å². The predicted molar refractivity (Wildman–Crippen MR) is 405 cm³/mol. The van der Waals surface area contributed by atoms with Gasteiger partial charge in [-0.25, -0.2) is 0 Å². The number of benzene rings is 6. The van der Waals surface area contributed by atoms with Crippen molar-refractivity contribution in [2.75, 3.05) is 25.7 Å². The molecule has 1 aliphatic heterocycles. The first-order chi connectivity index (χ1) is 43.2. The van der Waals surface area contributed by atoms with Crippen LogP contribution in [-0.2, 0) is 39.9 Å². The quantitative estimate of drug-likeness (QED) is 0.104. The zero-order chi connectivity index (χ0) is 61.4. The Bertz CT molecular complexity index is 4510. The minimum Gasteiger partial charge on any atom is -0.469 e. The number of hydrogen-bond acceptors (Lipinski definition) is 17. The molecule has 1 aliphatic rings. The van der Waals surface area contributed by atoms with Gasteiger partial charge in [0.1, 0.15) is 12.2 Å². The van der Waals surface area contributed by atoms with Crippen LogP contribution in [0.4, 0.5) is 0 Å². The van der Waals surface area contributed by atoms with E-state index in [4.69, 9.17) is 38.6 Å². The van der Waals surface area contributed by atoms with E-state index in [1.165, 1.54) is 157 Å². The third-order valence-electron chi connectivity index (χ3n) is 16.0. The van der Waals surface area contributed by atoms with E-state index < -0.39 is 12.2 Å². The van der Waals surface area contributed by atoms with Gasteiger partial charge in [0.25, 0.3) is 0 Å². The third-order valence-corrected chi connectivity index (χ3v) is 28.0. The van der Waals surface area contributed by atoms with E-state index >= 15 is 0 Å². The van der Waals surface area contributed by atoms with Gasteiger partial charge in [-0.15, -0.1) is 90.7 Å². The second kappa shape index (κ2) is 27.9. The minimum atomic E-state index is -0.488. The molecule has 2 N–H and O–H groups in total. The highest BCUT2D eigenvalue weighted by Crippen LogP contribution is 2.51. The molecule has 1 fully saturated rings. The Balaban J connectivity index is 0.000000154. The average molecular weight is 1390 g/mol. The summed E-state index contributed by atoms with van der Waals surface area (Å²) >= 11 is 28.5. The zero-order valence-corrected chi connectivity index (χ0v) is 59.6. The molecule has 0 radical (unpaired) electrons. The number of aliphatic hydroxyl groups excluding tert-OH is 2. The first kappa shape index (κ1) is 63.1. The smallest absolute Gasteiger partial charge is 0.220 e. The molecular weight excluding hydrogens is 1330 g/mol. The topological polar surface area (TPSA) is 68.2 Å². The van der Waals surface area contributed by atoms with Crippen molar-refractivity contribution in [2.24, 2.45) is 0 Å². The normalized spacial score (nSPS) is 14.0. The number of rotatable bonds is 14. The van der Waals surface area contributed by atoms with Crippen LogP contribution in [0.25, 0.3) is 77.9 Å². The first-order valence-electron chi connectivity index (χ1n) is 29.5. The summed E-state index contributed by atoms with van der Waals surface area (Å²) in [4.78, 5) is 4.51. The molecule has 8 aromatic heterocycles. The van der Waals surface area contributed by atoms with Crippen molar-refractivity contribution in [2.45, 2.75) is 90.6 Å². The van der Waals surface area contributed by atoms with E-state index in [1.54, 1.807) is 22.7 Å². The monoisotopic (exact) mass is 1390 g/mol. The van der Waals surface area contributed by atoms with Gasteiger partial charge < -0.3 is 24.4 Å². The lowest BCUT2D eigenvalue weighted by Gasteiger charge is -2.18. The largest absolute Gasteiger partial charge is 0.469 e. The molecule has 0 spiro atoms. The fourth-order valence-electron chi connectivity index (χ4n) is 11.1.